The van der Waals surface area contributed by atoms with E-state index in [1.165, 1.54) is 12.1 Å². The lowest BCUT2D eigenvalue weighted by molar-refractivity contribution is -0.137. The molecule has 0 aliphatic carbocycles. The van der Waals surface area contributed by atoms with E-state index in [4.69, 9.17) is 0 Å². The third kappa shape index (κ3) is 3.38. The first-order valence-corrected chi connectivity index (χ1v) is 7.32. The van der Waals surface area contributed by atoms with Gasteiger partial charge in [0.25, 0.3) is 0 Å². The summed E-state index contributed by atoms with van der Waals surface area (Å²) in [6.45, 7) is 0. The van der Waals surface area contributed by atoms with E-state index in [0.29, 0.717) is 16.7 Å². The van der Waals surface area contributed by atoms with E-state index in [2.05, 4.69) is 0 Å². The summed E-state index contributed by atoms with van der Waals surface area (Å²) in [4.78, 5) is 12.3. The summed E-state index contributed by atoms with van der Waals surface area (Å²) in [6, 6.07) is 20.7. The molecule has 0 unspecified atom stereocenters. The molecule has 0 spiro atoms. The zero-order valence-corrected chi connectivity index (χ0v) is 12.5. The molecule has 0 heterocycles. The lowest BCUT2D eigenvalue weighted by atomic mass is 9.99. The van der Waals surface area contributed by atoms with Crippen LogP contribution in [-0.2, 0) is 6.18 Å². The fourth-order valence-electron chi connectivity index (χ4n) is 2.42. The van der Waals surface area contributed by atoms with E-state index >= 15 is 0 Å². The number of carbonyl (C=O) groups is 1. The Bertz CT molecular complexity index is 833. The summed E-state index contributed by atoms with van der Waals surface area (Å²) in [7, 11) is 0. The molecule has 0 aliphatic rings. The molecule has 0 bridgehead atoms. The average Bonchev–Trinajstić information content (AvgIpc) is 2.61. The molecular formula is C20H13F3O. The van der Waals surface area contributed by atoms with Gasteiger partial charge in [-0.3, -0.25) is 4.79 Å². The number of alkyl halides is 3. The normalized spacial score (nSPS) is 11.3. The Labute approximate surface area is 137 Å². The van der Waals surface area contributed by atoms with Crippen LogP contribution >= 0.6 is 0 Å². The molecule has 4 heteroatoms. The highest BCUT2D eigenvalue weighted by atomic mass is 19.4. The fourth-order valence-corrected chi connectivity index (χ4v) is 2.42. The Balaban J connectivity index is 1.83. The Hall–Kier alpha value is -2.88. The van der Waals surface area contributed by atoms with Gasteiger partial charge in [0.1, 0.15) is 0 Å². The van der Waals surface area contributed by atoms with Gasteiger partial charge in [0, 0.05) is 11.1 Å². The number of benzene rings is 3. The summed E-state index contributed by atoms with van der Waals surface area (Å²) in [5, 5.41) is 0. The predicted molar refractivity (Wildman–Crippen MR) is 86.8 cm³/mol. The van der Waals surface area contributed by atoms with Gasteiger partial charge in [-0.1, -0.05) is 66.7 Å². The smallest absolute Gasteiger partial charge is 0.289 e. The first-order valence-electron chi connectivity index (χ1n) is 7.32. The highest BCUT2D eigenvalue weighted by Gasteiger charge is 2.29. The fraction of sp³-hybridized carbons (Fsp3) is 0.0500. The maximum Gasteiger partial charge on any atom is 0.416 e. The summed E-state index contributed by atoms with van der Waals surface area (Å²) < 4.78 is 37.8. The summed E-state index contributed by atoms with van der Waals surface area (Å²) in [6.07, 6.45) is -4.34. The zero-order valence-electron chi connectivity index (χ0n) is 12.5. The summed E-state index contributed by atoms with van der Waals surface area (Å²) in [5.74, 6) is -0.0884. The highest BCUT2D eigenvalue weighted by Crippen LogP contribution is 2.31. The van der Waals surface area contributed by atoms with E-state index in [0.717, 1.165) is 17.7 Å². The van der Waals surface area contributed by atoms with Crippen LogP contribution in [0.1, 0.15) is 21.5 Å². The Morgan fingerprint density at radius 2 is 1.08 bits per heavy atom. The van der Waals surface area contributed by atoms with Crippen LogP contribution in [-0.4, -0.2) is 5.78 Å². The standard InChI is InChI=1S/C20H13F3O/c21-20(22,23)18-12-10-15(11-13-18)14-6-8-17(9-7-14)19(24)16-4-2-1-3-5-16/h1-13H. The Morgan fingerprint density at radius 1 is 0.625 bits per heavy atom. The van der Waals surface area contributed by atoms with Crippen molar-refractivity contribution in [2.24, 2.45) is 0 Å². The van der Waals surface area contributed by atoms with Gasteiger partial charge in [0.15, 0.2) is 5.78 Å². The van der Waals surface area contributed by atoms with Crippen LogP contribution < -0.4 is 0 Å². The molecule has 0 saturated heterocycles. The number of hydrogen-bond donors (Lipinski definition) is 0. The lowest BCUT2D eigenvalue weighted by Gasteiger charge is -2.08. The van der Waals surface area contributed by atoms with E-state index in [1.807, 2.05) is 6.07 Å². The van der Waals surface area contributed by atoms with Gasteiger partial charge >= 0.3 is 6.18 Å². The highest BCUT2D eigenvalue weighted by molar-refractivity contribution is 6.09. The van der Waals surface area contributed by atoms with Crippen molar-refractivity contribution >= 4 is 5.78 Å². The van der Waals surface area contributed by atoms with Crippen LogP contribution in [0.2, 0.25) is 0 Å². The molecule has 0 saturated carbocycles. The summed E-state index contributed by atoms with van der Waals surface area (Å²) in [5.41, 5.74) is 1.88. The maximum atomic E-state index is 12.6. The van der Waals surface area contributed by atoms with Crippen LogP contribution in [0.3, 0.4) is 0 Å². The molecule has 0 fully saturated rings. The van der Waals surface area contributed by atoms with Gasteiger partial charge in [-0.2, -0.15) is 13.2 Å². The van der Waals surface area contributed by atoms with Gasteiger partial charge in [-0.05, 0) is 23.3 Å². The number of ketones is 1. The van der Waals surface area contributed by atoms with E-state index in [-0.39, 0.29) is 5.78 Å². The third-order valence-corrected chi connectivity index (χ3v) is 3.73. The second-order valence-corrected chi connectivity index (χ2v) is 5.35. The molecule has 0 radical (unpaired) electrons. The van der Waals surface area contributed by atoms with Gasteiger partial charge in [0.05, 0.1) is 5.56 Å². The maximum absolute atomic E-state index is 12.6. The molecule has 0 aromatic heterocycles. The molecule has 3 rings (SSSR count). The van der Waals surface area contributed by atoms with Crippen molar-refractivity contribution < 1.29 is 18.0 Å². The third-order valence-electron chi connectivity index (χ3n) is 3.73. The lowest BCUT2D eigenvalue weighted by Crippen LogP contribution is -2.04. The topological polar surface area (TPSA) is 17.1 Å². The van der Waals surface area contributed by atoms with Gasteiger partial charge in [0.2, 0.25) is 0 Å². The van der Waals surface area contributed by atoms with Gasteiger partial charge < -0.3 is 0 Å². The molecule has 0 N–H and O–H groups in total. The summed E-state index contributed by atoms with van der Waals surface area (Å²) >= 11 is 0. The first kappa shape index (κ1) is 16.0. The van der Waals surface area contributed by atoms with E-state index < -0.39 is 11.7 Å². The molecule has 0 aliphatic heterocycles. The van der Waals surface area contributed by atoms with Gasteiger partial charge in [-0.15, -0.1) is 0 Å². The van der Waals surface area contributed by atoms with E-state index in [9.17, 15) is 18.0 Å². The largest absolute Gasteiger partial charge is 0.416 e. The quantitative estimate of drug-likeness (QED) is 0.572. The first-order chi connectivity index (χ1) is 11.4. The van der Waals surface area contributed by atoms with Crippen molar-refractivity contribution in [3.8, 4) is 11.1 Å². The molecule has 120 valence electrons. The van der Waals surface area contributed by atoms with Crippen molar-refractivity contribution in [3.05, 3.63) is 95.6 Å². The second-order valence-electron chi connectivity index (χ2n) is 5.35. The minimum absolute atomic E-state index is 0.0884. The molecule has 1 nitrogen and oxygen atoms in total. The van der Waals surface area contributed by atoms with Gasteiger partial charge in [-0.25, -0.2) is 0 Å². The van der Waals surface area contributed by atoms with Crippen molar-refractivity contribution in [1.29, 1.82) is 0 Å². The van der Waals surface area contributed by atoms with Crippen molar-refractivity contribution in [1.82, 2.24) is 0 Å². The van der Waals surface area contributed by atoms with E-state index in [1.54, 1.807) is 48.5 Å². The number of hydrogen-bond acceptors (Lipinski definition) is 1. The molecule has 3 aromatic rings. The average molecular weight is 326 g/mol. The molecule has 24 heavy (non-hydrogen) atoms. The predicted octanol–water partition coefficient (Wildman–Crippen LogP) is 5.60. The molecule has 0 atom stereocenters. The zero-order chi connectivity index (χ0) is 17.2. The Morgan fingerprint density at radius 3 is 1.58 bits per heavy atom. The van der Waals surface area contributed by atoms with Crippen LogP contribution in [0.15, 0.2) is 78.9 Å². The van der Waals surface area contributed by atoms with Crippen LogP contribution in [0.4, 0.5) is 13.2 Å². The van der Waals surface area contributed by atoms with Crippen molar-refractivity contribution in [2.75, 3.05) is 0 Å². The molecule has 0 amide bonds. The Kier molecular flexibility index (Phi) is 4.21. The SMILES string of the molecule is O=C(c1ccccc1)c1ccc(-c2ccc(C(F)(F)F)cc2)cc1. The minimum atomic E-state index is -4.34. The van der Waals surface area contributed by atoms with Crippen LogP contribution in [0.25, 0.3) is 11.1 Å². The van der Waals surface area contributed by atoms with Crippen LogP contribution in [0.5, 0.6) is 0 Å². The monoisotopic (exact) mass is 326 g/mol. The number of halogens is 3. The number of rotatable bonds is 3. The van der Waals surface area contributed by atoms with Crippen molar-refractivity contribution in [3.63, 3.8) is 0 Å². The van der Waals surface area contributed by atoms with Crippen molar-refractivity contribution in [2.45, 2.75) is 6.18 Å². The molecule has 3 aromatic carbocycles. The van der Waals surface area contributed by atoms with Crippen LogP contribution in [0, 0.1) is 0 Å². The number of carbonyl (C=O) groups excluding carboxylic acids is 1. The molecular weight excluding hydrogens is 313 g/mol. The second kappa shape index (κ2) is 6.32. The minimum Gasteiger partial charge on any atom is -0.289 e.